The van der Waals surface area contributed by atoms with Crippen molar-refractivity contribution in [3.8, 4) is 5.75 Å². The molecule has 0 amide bonds. The third kappa shape index (κ3) is 4.10. The number of hydrogen-bond acceptors (Lipinski definition) is 3. The molecule has 1 N–H and O–H groups in total. The second-order valence-corrected chi connectivity index (χ2v) is 4.83. The first-order valence-electron chi connectivity index (χ1n) is 6.49. The molecule has 19 heavy (non-hydrogen) atoms. The Kier molecular flexibility index (Phi) is 4.58. The van der Waals surface area contributed by atoms with E-state index in [1.165, 1.54) is 12.8 Å². The molecule has 0 bridgehead atoms. The molecule has 0 spiro atoms. The van der Waals surface area contributed by atoms with Gasteiger partial charge in [0.1, 0.15) is 12.4 Å². The van der Waals surface area contributed by atoms with Gasteiger partial charge in [0.15, 0.2) is 0 Å². The molecule has 0 aliphatic carbocycles. The molecule has 1 aromatic rings. The lowest BCUT2D eigenvalue weighted by molar-refractivity contribution is -0.131. The van der Waals surface area contributed by atoms with Gasteiger partial charge in [-0.2, -0.15) is 0 Å². The number of carboxylic acids is 1. The molecule has 1 saturated heterocycles. The Bertz CT molecular complexity index is 453. The lowest BCUT2D eigenvalue weighted by Crippen LogP contribution is -2.30. The van der Waals surface area contributed by atoms with Crippen molar-refractivity contribution in [3.63, 3.8) is 0 Å². The second kappa shape index (κ2) is 6.38. The van der Waals surface area contributed by atoms with E-state index in [4.69, 9.17) is 9.84 Å². The normalized spacial score (nSPS) is 19.9. The summed E-state index contributed by atoms with van der Waals surface area (Å²) in [5, 5.41) is 8.54. The number of rotatable bonds is 5. The van der Waals surface area contributed by atoms with E-state index in [0.29, 0.717) is 12.6 Å². The molecular weight excluding hydrogens is 242 g/mol. The lowest BCUT2D eigenvalue weighted by atomic mass is 10.2. The molecule has 1 aliphatic heterocycles. The summed E-state index contributed by atoms with van der Waals surface area (Å²) >= 11 is 0. The Labute approximate surface area is 113 Å². The monoisotopic (exact) mass is 261 g/mol. The Hall–Kier alpha value is -1.81. The van der Waals surface area contributed by atoms with Crippen LogP contribution in [0, 0.1) is 0 Å². The number of hydrogen-bond donors (Lipinski definition) is 1. The van der Waals surface area contributed by atoms with Crippen LogP contribution in [0.3, 0.4) is 0 Å². The van der Waals surface area contributed by atoms with E-state index in [9.17, 15) is 4.79 Å². The van der Waals surface area contributed by atoms with Crippen LogP contribution in [0.25, 0.3) is 6.08 Å². The first-order valence-corrected chi connectivity index (χ1v) is 6.49. The highest BCUT2D eigenvalue weighted by Crippen LogP contribution is 2.18. The summed E-state index contributed by atoms with van der Waals surface area (Å²) in [6, 6.07) is 7.96. The second-order valence-electron chi connectivity index (χ2n) is 4.83. The zero-order valence-electron chi connectivity index (χ0n) is 11.1. The number of carbonyl (C=O) groups is 1. The highest BCUT2D eigenvalue weighted by molar-refractivity contribution is 5.85. The first-order chi connectivity index (χ1) is 9.15. The standard InChI is InChI=1S/C15H19NO3/c1-16-10-2-3-13(16)11-19-14-7-4-12(5-8-14)6-9-15(17)18/h4-9,13H,2-3,10-11H2,1H3,(H,17,18). The molecule has 1 heterocycles. The SMILES string of the molecule is CN1CCCC1COc1ccc(C=CC(=O)O)cc1. The van der Waals surface area contributed by atoms with Gasteiger partial charge >= 0.3 is 5.97 Å². The summed E-state index contributed by atoms with van der Waals surface area (Å²) in [4.78, 5) is 12.7. The van der Waals surface area contributed by atoms with Crippen molar-refractivity contribution in [2.75, 3.05) is 20.2 Å². The Morgan fingerprint density at radius 1 is 1.47 bits per heavy atom. The van der Waals surface area contributed by atoms with Crippen molar-refractivity contribution in [2.45, 2.75) is 18.9 Å². The highest BCUT2D eigenvalue weighted by Gasteiger charge is 2.21. The maximum absolute atomic E-state index is 10.4. The molecule has 1 atom stereocenters. The van der Waals surface area contributed by atoms with Crippen molar-refractivity contribution in [3.05, 3.63) is 35.9 Å². The van der Waals surface area contributed by atoms with Gasteiger partial charge in [-0.05, 0) is 50.2 Å². The van der Waals surface area contributed by atoms with Crippen LogP contribution in [0.1, 0.15) is 18.4 Å². The van der Waals surface area contributed by atoms with Crippen molar-refractivity contribution in [2.24, 2.45) is 0 Å². The summed E-state index contributed by atoms with van der Waals surface area (Å²) in [5.41, 5.74) is 0.854. The van der Waals surface area contributed by atoms with Gasteiger partial charge in [0.05, 0.1) is 0 Å². The van der Waals surface area contributed by atoms with Gasteiger partial charge in [-0.25, -0.2) is 4.79 Å². The van der Waals surface area contributed by atoms with Gasteiger partial charge in [-0.3, -0.25) is 0 Å². The van der Waals surface area contributed by atoms with Gasteiger partial charge in [-0.1, -0.05) is 12.1 Å². The van der Waals surface area contributed by atoms with Crippen LogP contribution in [0.15, 0.2) is 30.3 Å². The molecule has 1 aliphatic rings. The van der Waals surface area contributed by atoms with Crippen molar-refractivity contribution >= 4 is 12.0 Å². The summed E-state index contributed by atoms with van der Waals surface area (Å²) in [6.07, 6.45) is 5.12. The summed E-state index contributed by atoms with van der Waals surface area (Å²) in [7, 11) is 2.13. The Morgan fingerprint density at radius 2 is 2.21 bits per heavy atom. The summed E-state index contributed by atoms with van der Waals surface area (Å²) < 4.78 is 5.76. The highest BCUT2D eigenvalue weighted by atomic mass is 16.5. The van der Waals surface area contributed by atoms with Gasteiger partial charge in [0, 0.05) is 12.1 Å². The van der Waals surface area contributed by atoms with E-state index >= 15 is 0 Å². The molecule has 1 fully saturated rings. The fourth-order valence-electron chi connectivity index (χ4n) is 2.22. The number of likely N-dealkylation sites (N-methyl/N-ethyl adjacent to an activating group) is 1. The number of nitrogens with zero attached hydrogens (tertiary/aromatic N) is 1. The minimum Gasteiger partial charge on any atom is -0.492 e. The largest absolute Gasteiger partial charge is 0.492 e. The topological polar surface area (TPSA) is 49.8 Å². The van der Waals surface area contributed by atoms with Gasteiger partial charge in [0.25, 0.3) is 0 Å². The van der Waals surface area contributed by atoms with Gasteiger partial charge in [-0.15, -0.1) is 0 Å². The van der Waals surface area contributed by atoms with Crippen LogP contribution >= 0.6 is 0 Å². The molecule has 2 rings (SSSR count). The minimum atomic E-state index is -0.940. The molecule has 0 saturated carbocycles. The zero-order chi connectivity index (χ0) is 13.7. The van der Waals surface area contributed by atoms with Crippen molar-refractivity contribution in [1.82, 2.24) is 4.90 Å². The van der Waals surface area contributed by atoms with Gasteiger partial charge < -0.3 is 14.7 Å². The lowest BCUT2D eigenvalue weighted by Gasteiger charge is -2.19. The summed E-state index contributed by atoms with van der Waals surface area (Å²) in [6.45, 7) is 1.85. The maximum atomic E-state index is 10.4. The predicted molar refractivity (Wildman–Crippen MR) is 74.3 cm³/mol. The number of likely N-dealkylation sites (tertiary alicyclic amines) is 1. The quantitative estimate of drug-likeness (QED) is 0.826. The van der Waals surface area contributed by atoms with Crippen molar-refractivity contribution < 1.29 is 14.6 Å². The molecule has 1 aromatic carbocycles. The van der Waals surface area contributed by atoms with E-state index in [0.717, 1.165) is 23.9 Å². The Morgan fingerprint density at radius 3 is 2.79 bits per heavy atom. The summed E-state index contributed by atoms with van der Waals surface area (Å²) in [5.74, 6) is -0.114. The smallest absolute Gasteiger partial charge is 0.328 e. The molecule has 102 valence electrons. The number of benzene rings is 1. The fraction of sp³-hybridized carbons (Fsp3) is 0.400. The average molecular weight is 261 g/mol. The average Bonchev–Trinajstić information content (AvgIpc) is 2.81. The number of aliphatic carboxylic acids is 1. The van der Waals surface area contributed by atoms with Gasteiger partial charge in [0.2, 0.25) is 0 Å². The molecule has 4 heteroatoms. The maximum Gasteiger partial charge on any atom is 0.328 e. The first kappa shape index (κ1) is 13.6. The molecule has 4 nitrogen and oxygen atoms in total. The van der Waals surface area contributed by atoms with Crippen LogP contribution in [-0.2, 0) is 4.79 Å². The molecule has 1 unspecified atom stereocenters. The van der Waals surface area contributed by atoms with Crippen LogP contribution in [0.4, 0.5) is 0 Å². The third-order valence-electron chi connectivity index (χ3n) is 3.41. The van der Waals surface area contributed by atoms with E-state index < -0.39 is 5.97 Å². The third-order valence-corrected chi connectivity index (χ3v) is 3.41. The van der Waals surface area contributed by atoms with E-state index in [1.807, 2.05) is 24.3 Å². The number of carboxylic acid groups (broad SMARTS) is 1. The zero-order valence-corrected chi connectivity index (χ0v) is 11.1. The minimum absolute atomic E-state index is 0.506. The van der Waals surface area contributed by atoms with E-state index in [2.05, 4.69) is 11.9 Å². The van der Waals surface area contributed by atoms with E-state index in [1.54, 1.807) is 6.08 Å². The predicted octanol–water partition coefficient (Wildman–Crippen LogP) is 2.26. The van der Waals surface area contributed by atoms with Crippen LogP contribution in [-0.4, -0.2) is 42.2 Å². The molecule has 0 radical (unpaired) electrons. The molecule has 0 aromatic heterocycles. The van der Waals surface area contributed by atoms with Crippen LogP contribution in [0.5, 0.6) is 5.75 Å². The fourth-order valence-corrected chi connectivity index (χ4v) is 2.22. The Balaban J connectivity index is 1.86. The van der Waals surface area contributed by atoms with E-state index in [-0.39, 0.29) is 0 Å². The van der Waals surface area contributed by atoms with Crippen molar-refractivity contribution in [1.29, 1.82) is 0 Å². The van der Waals surface area contributed by atoms with Crippen LogP contribution < -0.4 is 4.74 Å². The van der Waals surface area contributed by atoms with Crippen LogP contribution in [0.2, 0.25) is 0 Å². The number of ether oxygens (including phenoxy) is 1. The molecular formula is C15H19NO3.